The van der Waals surface area contributed by atoms with Crippen LogP contribution in [-0.2, 0) is 6.42 Å². The molecule has 0 spiro atoms. The summed E-state index contributed by atoms with van der Waals surface area (Å²) in [7, 11) is 0. The second-order valence-electron chi connectivity index (χ2n) is 5.22. The molecule has 1 atom stereocenters. The Hall–Kier alpha value is -0.820. The predicted octanol–water partition coefficient (Wildman–Crippen LogP) is 3.62. The summed E-state index contributed by atoms with van der Waals surface area (Å²) in [5.41, 5.74) is 8.97. The first-order valence-corrected chi connectivity index (χ1v) is 6.61. The number of benzene rings is 1. The Morgan fingerprint density at radius 3 is 2.56 bits per heavy atom. The second kappa shape index (κ2) is 5.49. The molecule has 16 heavy (non-hydrogen) atoms. The summed E-state index contributed by atoms with van der Waals surface area (Å²) in [5, 5.41) is 0. The van der Waals surface area contributed by atoms with Gasteiger partial charge in [0.2, 0.25) is 0 Å². The molecule has 1 unspecified atom stereocenters. The van der Waals surface area contributed by atoms with Crippen molar-refractivity contribution in [1.82, 2.24) is 0 Å². The molecule has 88 valence electrons. The molecule has 2 rings (SSSR count). The summed E-state index contributed by atoms with van der Waals surface area (Å²) in [5.74, 6) is 0.795. The molecule has 0 radical (unpaired) electrons. The molecule has 1 saturated carbocycles. The quantitative estimate of drug-likeness (QED) is 0.822. The Bertz CT molecular complexity index is 324. The Balaban J connectivity index is 2.17. The van der Waals surface area contributed by atoms with Gasteiger partial charge < -0.3 is 5.73 Å². The lowest BCUT2D eigenvalue weighted by Crippen LogP contribution is -2.19. The fraction of sp³-hybridized carbons (Fsp3) is 0.600. The molecule has 1 aromatic rings. The summed E-state index contributed by atoms with van der Waals surface area (Å²) in [6, 6.07) is 9.16. The van der Waals surface area contributed by atoms with Crippen LogP contribution in [0.5, 0.6) is 0 Å². The Labute approximate surface area is 99.0 Å². The van der Waals surface area contributed by atoms with Gasteiger partial charge in [0.25, 0.3) is 0 Å². The molecule has 1 heteroatoms. The van der Waals surface area contributed by atoms with Crippen molar-refractivity contribution in [3.05, 3.63) is 35.4 Å². The Kier molecular flexibility index (Phi) is 4.00. The van der Waals surface area contributed by atoms with E-state index in [2.05, 4.69) is 31.2 Å². The van der Waals surface area contributed by atoms with Crippen molar-refractivity contribution in [3.8, 4) is 0 Å². The highest BCUT2D eigenvalue weighted by Crippen LogP contribution is 2.34. The maximum atomic E-state index is 5.92. The van der Waals surface area contributed by atoms with Gasteiger partial charge in [0.15, 0.2) is 0 Å². The molecule has 0 aliphatic heterocycles. The topological polar surface area (TPSA) is 26.0 Å². The van der Waals surface area contributed by atoms with Gasteiger partial charge in [-0.15, -0.1) is 0 Å². The summed E-state index contributed by atoms with van der Waals surface area (Å²) < 4.78 is 0. The molecule has 0 saturated heterocycles. The van der Waals surface area contributed by atoms with Crippen LogP contribution in [0.15, 0.2) is 24.3 Å². The molecule has 0 heterocycles. The van der Waals surface area contributed by atoms with Crippen molar-refractivity contribution < 1.29 is 0 Å². The summed E-state index contributed by atoms with van der Waals surface area (Å²) in [6.07, 6.45) is 7.99. The lowest BCUT2D eigenvalue weighted by molar-refractivity contribution is 0.441. The zero-order chi connectivity index (χ0) is 11.4. The molecular formula is C15H23N. The molecule has 0 bridgehead atoms. The van der Waals surface area contributed by atoms with E-state index in [0.29, 0.717) is 0 Å². The Morgan fingerprint density at radius 2 is 1.88 bits per heavy atom. The van der Waals surface area contributed by atoms with Crippen molar-refractivity contribution >= 4 is 0 Å². The number of hydrogen-bond acceptors (Lipinski definition) is 1. The average molecular weight is 217 g/mol. The SMILES string of the molecule is CC(N)Cc1ccccc1C1CCCCC1. The molecule has 1 fully saturated rings. The van der Waals surface area contributed by atoms with Gasteiger partial charge in [-0.1, -0.05) is 43.5 Å². The lowest BCUT2D eigenvalue weighted by Gasteiger charge is -2.24. The molecule has 0 amide bonds. The molecule has 1 aromatic carbocycles. The number of hydrogen-bond donors (Lipinski definition) is 1. The average Bonchev–Trinajstić information content (AvgIpc) is 2.30. The van der Waals surface area contributed by atoms with E-state index in [1.54, 1.807) is 5.56 Å². The maximum Gasteiger partial charge on any atom is 0.00510 e. The van der Waals surface area contributed by atoms with Gasteiger partial charge in [-0.2, -0.15) is 0 Å². The minimum atomic E-state index is 0.268. The van der Waals surface area contributed by atoms with Crippen molar-refractivity contribution in [3.63, 3.8) is 0 Å². The first-order valence-electron chi connectivity index (χ1n) is 6.61. The number of nitrogens with two attached hydrogens (primary N) is 1. The van der Waals surface area contributed by atoms with Crippen LogP contribution in [0.1, 0.15) is 56.1 Å². The van der Waals surface area contributed by atoms with Gasteiger partial charge in [-0.3, -0.25) is 0 Å². The fourth-order valence-corrected chi connectivity index (χ4v) is 2.88. The molecule has 0 aromatic heterocycles. The van der Waals surface area contributed by atoms with Crippen molar-refractivity contribution in [2.75, 3.05) is 0 Å². The van der Waals surface area contributed by atoms with E-state index in [1.807, 2.05) is 0 Å². The highest BCUT2D eigenvalue weighted by Gasteiger charge is 2.18. The van der Waals surface area contributed by atoms with Gasteiger partial charge in [-0.25, -0.2) is 0 Å². The first kappa shape index (κ1) is 11.7. The third-order valence-electron chi connectivity index (χ3n) is 3.64. The van der Waals surface area contributed by atoms with E-state index in [-0.39, 0.29) is 6.04 Å². The first-order chi connectivity index (χ1) is 7.77. The van der Waals surface area contributed by atoms with E-state index in [9.17, 15) is 0 Å². The van der Waals surface area contributed by atoms with Gasteiger partial charge in [0, 0.05) is 6.04 Å². The van der Waals surface area contributed by atoms with E-state index in [1.165, 1.54) is 37.7 Å². The van der Waals surface area contributed by atoms with Crippen molar-refractivity contribution in [2.24, 2.45) is 5.73 Å². The second-order valence-corrected chi connectivity index (χ2v) is 5.22. The Morgan fingerprint density at radius 1 is 1.19 bits per heavy atom. The van der Waals surface area contributed by atoms with Gasteiger partial charge in [0.05, 0.1) is 0 Å². The van der Waals surface area contributed by atoms with Crippen LogP contribution in [-0.4, -0.2) is 6.04 Å². The molecule has 1 aliphatic rings. The molecule has 1 nitrogen and oxygen atoms in total. The zero-order valence-electron chi connectivity index (χ0n) is 10.3. The lowest BCUT2D eigenvalue weighted by atomic mass is 9.81. The van der Waals surface area contributed by atoms with Crippen molar-refractivity contribution in [1.29, 1.82) is 0 Å². The monoisotopic (exact) mass is 217 g/mol. The van der Waals surface area contributed by atoms with Crippen LogP contribution >= 0.6 is 0 Å². The van der Waals surface area contributed by atoms with E-state index < -0.39 is 0 Å². The van der Waals surface area contributed by atoms with Gasteiger partial charge in [0.1, 0.15) is 0 Å². The maximum absolute atomic E-state index is 5.92. The molecule has 1 aliphatic carbocycles. The highest BCUT2D eigenvalue weighted by atomic mass is 14.6. The standard InChI is InChI=1S/C15H23N/c1-12(16)11-14-9-5-6-10-15(14)13-7-3-2-4-8-13/h5-6,9-10,12-13H,2-4,7-8,11,16H2,1H3. The summed E-state index contributed by atoms with van der Waals surface area (Å²) in [6.45, 7) is 2.09. The van der Waals surface area contributed by atoms with Crippen molar-refractivity contribution in [2.45, 2.75) is 57.4 Å². The summed E-state index contributed by atoms with van der Waals surface area (Å²) in [4.78, 5) is 0. The van der Waals surface area contributed by atoms with Crippen LogP contribution in [0.25, 0.3) is 0 Å². The van der Waals surface area contributed by atoms with Gasteiger partial charge >= 0.3 is 0 Å². The van der Waals surface area contributed by atoms with Crippen LogP contribution in [0.2, 0.25) is 0 Å². The third-order valence-corrected chi connectivity index (χ3v) is 3.64. The minimum absolute atomic E-state index is 0.268. The normalized spacial score (nSPS) is 19.6. The van der Waals surface area contributed by atoms with Crippen LogP contribution in [0.3, 0.4) is 0 Å². The smallest absolute Gasteiger partial charge is 0.00510 e. The predicted molar refractivity (Wildman–Crippen MR) is 69.6 cm³/mol. The largest absolute Gasteiger partial charge is 0.328 e. The zero-order valence-corrected chi connectivity index (χ0v) is 10.3. The van der Waals surface area contributed by atoms with Crippen LogP contribution in [0, 0.1) is 0 Å². The highest BCUT2D eigenvalue weighted by molar-refractivity contribution is 5.31. The molecule has 2 N–H and O–H groups in total. The fourth-order valence-electron chi connectivity index (χ4n) is 2.88. The third kappa shape index (κ3) is 2.85. The van der Waals surface area contributed by atoms with Crippen LogP contribution < -0.4 is 5.73 Å². The molecular weight excluding hydrogens is 194 g/mol. The van der Waals surface area contributed by atoms with E-state index >= 15 is 0 Å². The summed E-state index contributed by atoms with van der Waals surface area (Å²) >= 11 is 0. The van der Waals surface area contributed by atoms with E-state index in [4.69, 9.17) is 5.73 Å². The minimum Gasteiger partial charge on any atom is -0.328 e. The number of rotatable bonds is 3. The van der Waals surface area contributed by atoms with E-state index in [0.717, 1.165) is 12.3 Å². The van der Waals surface area contributed by atoms with Crippen LogP contribution in [0.4, 0.5) is 0 Å². The van der Waals surface area contributed by atoms with Gasteiger partial charge in [-0.05, 0) is 43.2 Å².